The number of hydrogen-bond acceptors (Lipinski definition) is 2. The first-order chi connectivity index (χ1) is 9.09. The molecular weight excluding hydrogens is 275 g/mol. The average molecular weight is 293 g/mol. The van der Waals surface area contributed by atoms with Crippen LogP contribution in [-0.4, -0.2) is 41.1 Å². The fourth-order valence-electron chi connectivity index (χ4n) is 3.04. The molecule has 1 aliphatic heterocycles. The van der Waals surface area contributed by atoms with Crippen molar-refractivity contribution >= 4 is 11.9 Å². The van der Waals surface area contributed by atoms with Crippen molar-refractivity contribution in [3.05, 3.63) is 0 Å². The molecule has 0 aromatic rings. The summed E-state index contributed by atoms with van der Waals surface area (Å²) < 4.78 is 38.6. The molecule has 0 aromatic carbocycles. The highest BCUT2D eigenvalue weighted by Crippen LogP contribution is 2.54. The van der Waals surface area contributed by atoms with Gasteiger partial charge in [-0.2, -0.15) is 13.2 Å². The second-order valence-electron chi connectivity index (χ2n) is 6.11. The van der Waals surface area contributed by atoms with Crippen molar-refractivity contribution in [3.8, 4) is 0 Å². The number of carbonyl (C=O) groups is 2. The summed E-state index contributed by atoms with van der Waals surface area (Å²) in [5.74, 6) is -5.26. The van der Waals surface area contributed by atoms with Crippen LogP contribution in [0.4, 0.5) is 13.2 Å². The first kappa shape index (κ1) is 15.1. The van der Waals surface area contributed by atoms with Crippen LogP contribution in [0.1, 0.15) is 26.7 Å². The molecule has 1 saturated carbocycles. The Morgan fingerprint density at radius 2 is 1.80 bits per heavy atom. The molecule has 0 unspecified atom stereocenters. The number of rotatable bonds is 3. The molecule has 1 N–H and O–H groups in total. The lowest BCUT2D eigenvalue weighted by Gasteiger charge is -2.26. The zero-order chi connectivity index (χ0) is 15.3. The lowest BCUT2D eigenvalue weighted by molar-refractivity contribution is -0.188. The highest BCUT2D eigenvalue weighted by molar-refractivity contribution is 5.86. The molecular formula is C13H18F3NO3. The quantitative estimate of drug-likeness (QED) is 0.867. The summed E-state index contributed by atoms with van der Waals surface area (Å²) in [7, 11) is 0. The maximum Gasteiger partial charge on any atom is 0.394 e. The fraction of sp³-hybridized carbons (Fsp3) is 0.846. The molecule has 1 heterocycles. The van der Waals surface area contributed by atoms with Crippen LogP contribution < -0.4 is 0 Å². The summed E-state index contributed by atoms with van der Waals surface area (Å²) in [5, 5.41) is 8.94. The standard InChI is InChI=1S/C13H18F3NO3/c1-7(2)12(3-4-12)11(20)17-5-8(10(18)19)9(6-17)13(14,15)16/h7-9H,3-6H2,1-2H3,(H,18,19)/t8-,9-/m1/s1. The SMILES string of the molecule is CC(C)C1(C(=O)N2C[C@@H](C(F)(F)F)[C@H](C(=O)O)C2)CC1. The van der Waals surface area contributed by atoms with E-state index in [0.29, 0.717) is 12.8 Å². The van der Waals surface area contributed by atoms with E-state index in [0.717, 1.165) is 4.90 Å². The Bertz CT molecular complexity index is 429. The molecule has 7 heteroatoms. The number of likely N-dealkylation sites (tertiary alicyclic amines) is 1. The van der Waals surface area contributed by atoms with E-state index in [4.69, 9.17) is 5.11 Å². The second kappa shape index (κ2) is 4.63. The zero-order valence-electron chi connectivity index (χ0n) is 11.4. The van der Waals surface area contributed by atoms with Gasteiger partial charge in [0.15, 0.2) is 0 Å². The van der Waals surface area contributed by atoms with E-state index in [-0.39, 0.29) is 18.4 Å². The largest absolute Gasteiger partial charge is 0.481 e. The van der Waals surface area contributed by atoms with Crippen LogP contribution in [0.15, 0.2) is 0 Å². The first-order valence-corrected chi connectivity index (χ1v) is 6.68. The predicted molar refractivity (Wildman–Crippen MR) is 63.8 cm³/mol. The van der Waals surface area contributed by atoms with Crippen molar-refractivity contribution in [2.24, 2.45) is 23.2 Å². The number of carbonyl (C=O) groups excluding carboxylic acids is 1. The predicted octanol–water partition coefficient (Wildman–Crippen LogP) is 2.14. The van der Waals surface area contributed by atoms with Crippen LogP contribution in [0.2, 0.25) is 0 Å². The molecule has 2 aliphatic rings. The van der Waals surface area contributed by atoms with Crippen LogP contribution >= 0.6 is 0 Å². The summed E-state index contributed by atoms with van der Waals surface area (Å²) in [6.07, 6.45) is -3.24. The molecule has 1 amide bonds. The maximum atomic E-state index is 12.9. The molecule has 0 aromatic heterocycles. The molecule has 2 fully saturated rings. The van der Waals surface area contributed by atoms with E-state index in [1.54, 1.807) is 0 Å². The molecule has 114 valence electrons. The smallest absolute Gasteiger partial charge is 0.394 e. The van der Waals surface area contributed by atoms with E-state index in [2.05, 4.69) is 0 Å². The third-order valence-corrected chi connectivity index (χ3v) is 4.66. The van der Waals surface area contributed by atoms with Crippen molar-refractivity contribution < 1.29 is 27.9 Å². The van der Waals surface area contributed by atoms with Gasteiger partial charge in [-0.1, -0.05) is 13.8 Å². The molecule has 2 atom stereocenters. The van der Waals surface area contributed by atoms with Crippen molar-refractivity contribution in [1.82, 2.24) is 4.90 Å². The monoisotopic (exact) mass is 293 g/mol. The summed E-state index contributed by atoms with van der Waals surface area (Å²) in [5.41, 5.74) is -0.566. The van der Waals surface area contributed by atoms with Gasteiger partial charge in [0.1, 0.15) is 0 Å². The van der Waals surface area contributed by atoms with Crippen molar-refractivity contribution in [2.75, 3.05) is 13.1 Å². The van der Waals surface area contributed by atoms with Gasteiger partial charge >= 0.3 is 12.1 Å². The maximum absolute atomic E-state index is 12.9. The molecule has 1 aliphatic carbocycles. The van der Waals surface area contributed by atoms with Crippen molar-refractivity contribution in [2.45, 2.75) is 32.9 Å². The van der Waals surface area contributed by atoms with Gasteiger partial charge in [-0.25, -0.2) is 0 Å². The van der Waals surface area contributed by atoms with E-state index in [1.165, 1.54) is 0 Å². The molecule has 0 spiro atoms. The number of carboxylic acid groups (broad SMARTS) is 1. The van der Waals surface area contributed by atoms with Crippen molar-refractivity contribution in [1.29, 1.82) is 0 Å². The lowest BCUT2D eigenvalue weighted by Crippen LogP contribution is -2.39. The minimum Gasteiger partial charge on any atom is -0.481 e. The number of carboxylic acids is 1. The van der Waals surface area contributed by atoms with Gasteiger partial charge in [-0.15, -0.1) is 0 Å². The van der Waals surface area contributed by atoms with Gasteiger partial charge in [0.05, 0.1) is 17.3 Å². The topological polar surface area (TPSA) is 57.6 Å². The van der Waals surface area contributed by atoms with Gasteiger partial charge in [-0.05, 0) is 18.8 Å². The highest BCUT2D eigenvalue weighted by Gasteiger charge is 2.59. The summed E-state index contributed by atoms with van der Waals surface area (Å²) in [6, 6.07) is 0. The summed E-state index contributed by atoms with van der Waals surface area (Å²) >= 11 is 0. The Kier molecular flexibility index (Phi) is 3.50. The third-order valence-electron chi connectivity index (χ3n) is 4.66. The molecule has 4 nitrogen and oxygen atoms in total. The Morgan fingerprint density at radius 1 is 1.25 bits per heavy atom. The normalized spacial score (nSPS) is 28.8. The Labute approximate surface area is 114 Å². The average Bonchev–Trinajstić information content (AvgIpc) is 2.98. The van der Waals surface area contributed by atoms with Crippen LogP contribution in [0.3, 0.4) is 0 Å². The van der Waals surface area contributed by atoms with Crippen molar-refractivity contribution in [3.63, 3.8) is 0 Å². The minimum atomic E-state index is -4.59. The number of halogens is 3. The fourth-order valence-corrected chi connectivity index (χ4v) is 3.04. The summed E-state index contributed by atoms with van der Waals surface area (Å²) in [6.45, 7) is 2.87. The number of nitrogens with zero attached hydrogens (tertiary/aromatic N) is 1. The van der Waals surface area contributed by atoms with Gasteiger partial charge < -0.3 is 10.0 Å². The first-order valence-electron chi connectivity index (χ1n) is 6.68. The van der Waals surface area contributed by atoms with E-state index < -0.39 is 35.9 Å². The van der Waals surface area contributed by atoms with Crippen LogP contribution in [0, 0.1) is 23.2 Å². The second-order valence-corrected chi connectivity index (χ2v) is 6.11. The van der Waals surface area contributed by atoms with Crippen LogP contribution in [0.5, 0.6) is 0 Å². The molecule has 0 radical (unpaired) electrons. The molecule has 20 heavy (non-hydrogen) atoms. The number of hydrogen-bond donors (Lipinski definition) is 1. The van der Waals surface area contributed by atoms with Gasteiger partial charge in [0.2, 0.25) is 5.91 Å². The molecule has 0 bridgehead atoms. The molecule has 1 saturated heterocycles. The highest BCUT2D eigenvalue weighted by atomic mass is 19.4. The van der Waals surface area contributed by atoms with Crippen LogP contribution in [-0.2, 0) is 9.59 Å². The van der Waals surface area contributed by atoms with E-state index in [1.807, 2.05) is 13.8 Å². The Hall–Kier alpha value is -1.27. The van der Waals surface area contributed by atoms with Gasteiger partial charge in [-0.3, -0.25) is 9.59 Å². The Balaban J connectivity index is 2.17. The van der Waals surface area contributed by atoms with E-state index in [9.17, 15) is 22.8 Å². The number of alkyl halides is 3. The minimum absolute atomic E-state index is 0.0585. The van der Waals surface area contributed by atoms with Crippen LogP contribution in [0.25, 0.3) is 0 Å². The van der Waals surface area contributed by atoms with Gasteiger partial charge in [0, 0.05) is 13.1 Å². The third kappa shape index (κ3) is 2.38. The summed E-state index contributed by atoms with van der Waals surface area (Å²) in [4.78, 5) is 24.5. The Morgan fingerprint density at radius 3 is 2.10 bits per heavy atom. The number of aliphatic carboxylic acids is 1. The zero-order valence-corrected chi connectivity index (χ0v) is 11.4. The molecule has 2 rings (SSSR count). The van der Waals surface area contributed by atoms with E-state index >= 15 is 0 Å². The van der Waals surface area contributed by atoms with Gasteiger partial charge in [0.25, 0.3) is 0 Å². The number of amides is 1. The lowest BCUT2D eigenvalue weighted by atomic mass is 9.91.